The fourth-order valence-electron chi connectivity index (χ4n) is 4.46. The summed E-state index contributed by atoms with van der Waals surface area (Å²) in [7, 11) is 0. The number of carbonyl (C=O) groups is 2. The second kappa shape index (κ2) is 5.12. The summed E-state index contributed by atoms with van der Waals surface area (Å²) in [6, 6.07) is 7.87. The van der Waals surface area contributed by atoms with Crippen molar-refractivity contribution in [3.63, 3.8) is 0 Å². The van der Waals surface area contributed by atoms with Crippen LogP contribution in [0.3, 0.4) is 0 Å². The molecule has 6 heteroatoms. The van der Waals surface area contributed by atoms with E-state index in [1.54, 1.807) is 29.1 Å². The van der Waals surface area contributed by atoms with Crippen LogP contribution in [0.25, 0.3) is 0 Å². The van der Waals surface area contributed by atoms with Crippen LogP contribution in [0.1, 0.15) is 12.0 Å². The van der Waals surface area contributed by atoms with E-state index in [0.29, 0.717) is 12.4 Å². The molecule has 1 aromatic heterocycles. The summed E-state index contributed by atoms with van der Waals surface area (Å²) in [6.07, 6.45) is 6.81. The summed E-state index contributed by atoms with van der Waals surface area (Å²) in [5.74, 6) is -0.207. The maximum absolute atomic E-state index is 13.0. The van der Waals surface area contributed by atoms with Gasteiger partial charge in [-0.3, -0.25) is 14.3 Å². The molecule has 1 aliphatic heterocycles. The number of imide groups is 1. The Bertz CT molecular complexity index is 872. The summed E-state index contributed by atoms with van der Waals surface area (Å²) in [5.41, 5.74) is 0.897. The van der Waals surface area contributed by atoms with Gasteiger partial charge in [-0.2, -0.15) is 5.10 Å². The van der Waals surface area contributed by atoms with E-state index < -0.39 is 0 Å². The number of hydrogen-bond acceptors (Lipinski definition) is 3. The Morgan fingerprint density at radius 1 is 1.00 bits per heavy atom. The molecule has 1 aromatic carbocycles. The number of hydrogen-bond donors (Lipinski definition) is 0. The standard InChI is InChI=1S/C19H16FN3O2/c20-14-5-1-11(2-6-14)10-22-8-7-15(21-22)23-18(24)16-12-3-4-13(9-12)17(16)19(23)25/h1-8,12-13,16-17H,9-10H2/t12-,13+,16-,17+. The van der Waals surface area contributed by atoms with Gasteiger partial charge in [-0.05, 0) is 36.0 Å². The molecule has 0 unspecified atom stereocenters. The summed E-state index contributed by atoms with van der Waals surface area (Å²) < 4.78 is 14.6. The van der Waals surface area contributed by atoms with Gasteiger partial charge >= 0.3 is 0 Å². The van der Waals surface area contributed by atoms with Crippen LogP contribution in [0, 0.1) is 29.5 Å². The number of benzene rings is 1. The molecule has 1 saturated heterocycles. The van der Waals surface area contributed by atoms with E-state index in [0.717, 1.165) is 12.0 Å². The average molecular weight is 337 g/mol. The van der Waals surface area contributed by atoms with E-state index in [9.17, 15) is 14.0 Å². The number of allylic oxidation sites excluding steroid dienone is 2. The molecule has 1 saturated carbocycles. The van der Waals surface area contributed by atoms with Gasteiger partial charge in [0.2, 0.25) is 11.8 Å². The highest BCUT2D eigenvalue weighted by atomic mass is 19.1. The van der Waals surface area contributed by atoms with Crippen LogP contribution in [0.2, 0.25) is 0 Å². The second-order valence-electron chi connectivity index (χ2n) is 7.01. The van der Waals surface area contributed by atoms with Crippen LogP contribution in [-0.2, 0) is 16.1 Å². The van der Waals surface area contributed by atoms with Gasteiger partial charge in [0.1, 0.15) is 5.82 Å². The minimum atomic E-state index is -0.284. The molecule has 2 aromatic rings. The highest BCUT2D eigenvalue weighted by Crippen LogP contribution is 2.52. The number of amides is 2. The monoisotopic (exact) mass is 337 g/mol. The van der Waals surface area contributed by atoms with Gasteiger partial charge < -0.3 is 0 Å². The lowest BCUT2D eigenvalue weighted by Crippen LogP contribution is -2.33. The van der Waals surface area contributed by atoms with Crippen LogP contribution in [0.4, 0.5) is 10.2 Å². The first-order valence-corrected chi connectivity index (χ1v) is 8.46. The van der Waals surface area contributed by atoms with E-state index in [-0.39, 0.29) is 41.3 Å². The molecule has 2 heterocycles. The van der Waals surface area contributed by atoms with Crippen molar-refractivity contribution in [2.24, 2.45) is 23.7 Å². The molecule has 126 valence electrons. The van der Waals surface area contributed by atoms with Crippen LogP contribution < -0.4 is 4.90 Å². The zero-order valence-electron chi connectivity index (χ0n) is 13.4. The minimum Gasteiger partial charge on any atom is -0.274 e. The lowest BCUT2D eigenvalue weighted by molar-refractivity contribution is -0.123. The Hall–Kier alpha value is -2.76. The first-order chi connectivity index (χ1) is 12.1. The smallest absolute Gasteiger partial charge is 0.239 e. The molecule has 2 aliphatic carbocycles. The van der Waals surface area contributed by atoms with Crippen molar-refractivity contribution in [2.45, 2.75) is 13.0 Å². The van der Waals surface area contributed by atoms with Gasteiger partial charge in [-0.25, -0.2) is 9.29 Å². The summed E-state index contributed by atoms with van der Waals surface area (Å²) in [4.78, 5) is 26.8. The number of nitrogens with zero attached hydrogens (tertiary/aromatic N) is 3. The number of halogens is 1. The number of aromatic nitrogens is 2. The SMILES string of the molecule is O=C1[C@@H]2[C@H](C(=O)N1c1ccn(Cc3ccc(F)cc3)n1)[C@@H]1C=C[C@H]2C1. The molecule has 0 N–H and O–H groups in total. The third-order valence-electron chi connectivity index (χ3n) is 5.58. The van der Waals surface area contributed by atoms with Crippen LogP contribution >= 0.6 is 0 Å². The molecule has 0 spiro atoms. The molecule has 5 rings (SSSR count). The molecule has 2 fully saturated rings. The quantitative estimate of drug-likeness (QED) is 0.638. The van der Waals surface area contributed by atoms with Gasteiger partial charge in [0, 0.05) is 12.3 Å². The molecular formula is C19H16FN3O2. The summed E-state index contributed by atoms with van der Waals surface area (Å²) in [5, 5.41) is 4.40. The van der Waals surface area contributed by atoms with Crippen molar-refractivity contribution >= 4 is 17.6 Å². The number of rotatable bonds is 3. The largest absolute Gasteiger partial charge is 0.274 e. The van der Waals surface area contributed by atoms with Crippen molar-refractivity contribution in [1.29, 1.82) is 0 Å². The number of carbonyl (C=O) groups excluding carboxylic acids is 2. The zero-order chi connectivity index (χ0) is 17.1. The minimum absolute atomic E-state index is 0.126. The van der Waals surface area contributed by atoms with Crippen molar-refractivity contribution in [1.82, 2.24) is 9.78 Å². The highest BCUT2D eigenvalue weighted by molar-refractivity contribution is 6.22. The lowest BCUT2D eigenvalue weighted by Gasteiger charge is -2.14. The number of fused-ring (bicyclic) bond motifs is 5. The average Bonchev–Trinajstić information content (AvgIpc) is 3.35. The molecule has 2 amide bonds. The van der Waals surface area contributed by atoms with E-state index >= 15 is 0 Å². The highest BCUT2D eigenvalue weighted by Gasteiger charge is 2.59. The Morgan fingerprint density at radius 2 is 1.64 bits per heavy atom. The van der Waals surface area contributed by atoms with Crippen LogP contribution in [-0.4, -0.2) is 21.6 Å². The fraction of sp³-hybridized carbons (Fsp3) is 0.316. The second-order valence-corrected chi connectivity index (χ2v) is 7.01. The molecule has 25 heavy (non-hydrogen) atoms. The van der Waals surface area contributed by atoms with E-state index in [1.807, 2.05) is 0 Å². The first-order valence-electron chi connectivity index (χ1n) is 8.46. The van der Waals surface area contributed by atoms with Crippen molar-refractivity contribution < 1.29 is 14.0 Å². The Morgan fingerprint density at radius 3 is 2.28 bits per heavy atom. The van der Waals surface area contributed by atoms with Crippen molar-refractivity contribution in [2.75, 3.05) is 4.90 Å². The molecule has 5 nitrogen and oxygen atoms in total. The predicted molar refractivity (Wildman–Crippen MR) is 87.9 cm³/mol. The normalized spacial score (nSPS) is 29.7. The molecule has 2 bridgehead atoms. The Kier molecular flexibility index (Phi) is 2.98. The van der Waals surface area contributed by atoms with Gasteiger partial charge in [-0.15, -0.1) is 0 Å². The number of anilines is 1. The topological polar surface area (TPSA) is 55.2 Å². The zero-order valence-corrected chi connectivity index (χ0v) is 13.4. The Labute approximate surface area is 143 Å². The van der Waals surface area contributed by atoms with Crippen molar-refractivity contribution in [3.8, 4) is 0 Å². The van der Waals surface area contributed by atoms with Gasteiger partial charge in [0.25, 0.3) is 0 Å². The molecule has 3 aliphatic rings. The lowest BCUT2D eigenvalue weighted by atomic mass is 9.85. The van der Waals surface area contributed by atoms with Crippen molar-refractivity contribution in [3.05, 3.63) is 60.1 Å². The molecule has 0 radical (unpaired) electrons. The van der Waals surface area contributed by atoms with Gasteiger partial charge in [-0.1, -0.05) is 24.3 Å². The van der Waals surface area contributed by atoms with Crippen LogP contribution in [0.5, 0.6) is 0 Å². The van der Waals surface area contributed by atoms with E-state index in [4.69, 9.17) is 0 Å². The predicted octanol–water partition coefficient (Wildman–Crippen LogP) is 2.38. The van der Waals surface area contributed by atoms with Gasteiger partial charge in [0.15, 0.2) is 5.82 Å². The molecule has 4 atom stereocenters. The summed E-state index contributed by atoms with van der Waals surface area (Å²) in [6.45, 7) is 0.455. The van der Waals surface area contributed by atoms with E-state index in [1.165, 1.54) is 17.0 Å². The summed E-state index contributed by atoms with van der Waals surface area (Å²) >= 11 is 0. The van der Waals surface area contributed by atoms with E-state index in [2.05, 4.69) is 17.3 Å². The van der Waals surface area contributed by atoms with Gasteiger partial charge in [0.05, 0.1) is 18.4 Å². The fourth-order valence-corrected chi connectivity index (χ4v) is 4.46. The van der Waals surface area contributed by atoms with Crippen LogP contribution in [0.15, 0.2) is 48.7 Å². The molecular weight excluding hydrogens is 321 g/mol. The first kappa shape index (κ1) is 14.6. The third-order valence-corrected chi connectivity index (χ3v) is 5.58. The maximum atomic E-state index is 13.0. The third kappa shape index (κ3) is 2.10. The maximum Gasteiger partial charge on any atom is 0.239 e. The Balaban J connectivity index is 1.40.